The average Bonchev–Trinajstić information content (AvgIpc) is 2.83. The molecule has 2 rings (SSSR count). The summed E-state index contributed by atoms with van der Waals surface area (Å²) < 4.78 is 5.59. The quantitative estimate of drug-likeness (QED) is 0.629. The second-order valence-corrected chi connectivity index (χ2v) is 4.72. The van der Waals surface area contributed by atoms with Gasteiger partial charge < -0.3 is 10.5 Å². The molecule has 0 atom stereocenters. The number of benzene rings is 1. The highest BCUT2D eigenvalue weighted by molar-refractivity contribution is 7.09. The first kappa shape index (κ1) is 11.8. The van der Waals surface area contributed by atoms with Gasteiger partial charge in [0.1, 0.15) is 5.84 Å². The van der Waals surface area contributed by atoms with Crippen LogP contribution in [0.5, 0.6) is 0 Å². The molecule has 0 fully saturated rings. The minimum Gasteiger partial charge on any atom is -0.384 e. The van der Waals surface area contributed by atoms with Crippen LogP contribution in [0.3, 0.4) is 0 Å². The topological polar surface area (TPSA) is 59.1 Å². The van der Waals surface area contributed by atoms with Crippen molar-refractivity contribution < 1.29 is 4.74 Å². The van der Waals surface area contributed by atoms with Crippen LogP contribution in [0.15, 0.2) is 41.8 Å². The lowest BCUT2D eigenvalue weighted by atomic mass is 10.1. The molecule has 0 aliphatic rings. The van der Waals surface area contributed by atoms with Crippen LogP contribution in [-0.2, 0) is 18.0 Å². The highest BCUT2D eigenvalue weighted by Gasteiger charge is 1.98. The summed E-state index contributed by atoms with van der Waals surface area (Å²) in [5, 5.41) is 9.33. The molecule has 0 spiro atoms. The Morgan fingerprint density at radius 1 is 1.18 bits per heavy atom. The summed E-state index contributed by atoms with van der Waals surface area (Å²) in [5.74, 6) is 0.0936. The van der Waals surface area contributed by atoms with Crippen LogP contribution in [0.1, 0.15) is 16.0 Å². The van der Waals surface area contributed by atoms with E-state index in [2.05, 4.69) is 6.07 Å². The Labute approximate surface area is 104 Å². The van der Waals surface area contributed by atoms with E-state index in [-0.39, 0.29) is 5.84 Å². The molecule has 1 aromatic heterocycles. The fraction of sp³-hybridized carbons (Fsp3) is 0.154. The molecule has 0 aliphatic carbocycles. The van der Waals surface area contributed by atoms with Crippen molar-refractivity contribution in [3.05, 3.63) is 57.8 Å². The second kappa shape index (κ2) is 5.61. The molecule has 0 aliphatic heterocycles. The lowest BCUT2D eigenvalue weighted by Gasteiger charge is -2.04. The van der Waals surface area contributed by atoms with Crippen LogP contribution in [0, 0.1) is 5.41 Å². The monoisotopic (exact) mass is 246 g/mol. The van der Waals surface area contributed by atoms with Crippen molar-refractivity contribution in [1.29, 1.82) is 5.41 Å². The minimum atomic E-state index is 0.0936. The molecule has 3 N–H and O–H groups in total. The number of hydrogen-bond donors (Lipinski definition) is 2. The molecule has 1 aromatic carbocycles. The van der Waals surface area contributed by atoms with Crippen molar-refractivity contribution in [1.82, 2.24) is 0 Å². The molecule has 0 unspecified atom stereocenters. The van der Waals surface area contributed by atoms with Gasteiger partial charge in [-0.15, -0.1) is 11.3 Å². The fourth-order valence-electron chi connectivity index (χ4n) is 1.44. The van der Waals surface area contributed by atoms with Crippen molar-refractivity contribution >= 4 is 17.2 Å². The Hall–Kier alpha value is -1.65. The number of amidine groups is 1. The lowest BCUT2D eigenvalue weighted by molar-refractivity contribution is 0.109. The van der Waals surface area contributed by atoms with Gasteiger partial charge in [0.25, 0.3) is 0 Å². The number of nitrogens with one attached hydrogen (secondary N) is 1. The Bertz CT molecular complexity index is 477. The van der Waals surface area contributed by atoms with E-state index >= 15 is 0 Å². The number of nitrogens with two attached hydrogens (primary N) is 1. The van der Waals surface area contributed by atoms with Crippen LogP contribution in [0.2, 0.25) is 0 Å². The van der Waals surface area contributed by atoms with Gasteiger partial charge in [0, 0.05) is 10.4 Å². The molecular weight excluding hydrogens is 232 g/mol. The number of rotatable bonds is 5. The Morgan fingerprint density at radius 2 is 1.94 bits per heavy atom. The van der Waals surface area contributed by atoms with Gasteiger partial charge in [0.05, 0.1) is 13.2 Å². The molecule has 0 saturated carbocycles. The number of hydrogen-bond acceptors (Lipinski definition) is 3. The van der Waals surface area contributed by atoms with Gasteiger partial charge in [0.15, 0.2) is 0 Å². The lowest BCUT2D eigenvalue weighted by Crippen LogP contribution is -2.10. The van der Waals surface area contributed by atoms with E-state index < -0.39 is 0 Å². The van der Waals surface area contributed by atoms with Gasteiger partial charge in [-0.05, 0) is 17.0 Å². The van der Waals surface area contributed by atoms with Crippen molar-refractivity contribution in [3.8, 4) is 0 Å². The standard InChI is InChI=1S/C13H14N2OS/c14-13(15)11-5-3-10(4-6-11)8-16-9-12-2-1-7-17-12/h1-7H,8-9H2,(H3,14,15). The van der Waals surface area contributed by atoms with Gasteiger partial charge in [0.2, 0.25) is 0 Å². The third kappa shape index (κ3) is 3.41. The van der Waals surface area contributed by atoms with E-state index in [1.165, 1.54) is 4.88 Å². The molecule has 0 bridgehead atoms. The maximum Gasteiger partial charge on any atom is 0.122 e. The average molecular weight is 246 g/mol. The van der Waals surface area contributed by atoms with Crippen molar-refractivity contribution in [3.63, 3.8) is 0 Å². The van der Waals surface area contributed by atoms with E-state index in [0.29, 0.717) is 13.2 Å². The highest BCUT2D eigenvalue weighted by atomic mass is 32.1. The second-order valence-electron chi connectivity index (χ2n) is 3.68. The highest BCUT2D eigenvalue weighted by Crippen LogP contribution is 2.11. The van der Waals surface area contributed by atoms with Crippen LogP contribution in [-0.4, -0.2) is 5.84 Å². The van der Waals surface area contributed by atoms with E-state index in [1.54, 1.807) is 11.3 Å². The largest absolute Gasteiger partial charge is 0.384 e. The molecule has 0 saturated heterocycles. The first-order valence-corrected chi connectivity index (χ1v) is 6.17. The molecule has 0 radical (unpaired) electrons. The van der Waals surface area contributed by atoms with Crippen molar-refractivity contribution in [2.75, 3.05) is 0 Å². The fourth-order valence-corrected chi connectivity index (χ4v) is 2.09. The normalized spacial score (nSPS) is 10.4. The summed E-state index contributed by atoms with van der Waals surface area (Å²) in [6.07, 6.45) is 0. The predicted octanol–water partition coefficient (Wildman–Crippen LogP) is 2.75. The predicted molar refractivity (Wildman–Crippen MR) is 70.3 cm³/mol. The summed E-state index contributed by atoms with van der Waals surface area (Å²) in [4.78, 5) is 1.23. The Balaban J connectivity index is 1.85. The van der Waals surface area contributed by atoms with E-state index in [9.17, 15) is 0 Å². The third-order valence-corrected chi connectivity index (χ3v) is 3.21. The zero-order chi connectivity index (χ0) is 12.1. The minimum absolute atomic E-state index is 0.0936. The van der Waals surface area contributed by atoms with Gasteiger partial charge in [-0.3, -0.25) is 5.41 Å². The third-order valence-electron chi connectivity index (χ3n) is 2.36. The zero-order valence-electron chi connectivity index (χ0n) is 9.35. The number of nitrogen functional groups attached to an aromatic ring is 1. The van der Waals surface area contributed by atoms with Crippen LogP contribution in [0.4, 0.5) is 0 Å². The molecular formula is C13H14N2OS. The van der Waals surface area contributed by atoms with E-state index in [4.69, 9.17) is 15.9 Å². The van der Waals surface area contributed by atoms with Gasteiger partial charge in [-0.1, -0.05) is 30.3 Å². The van der Waals surface area contributed by atoms with Gasteiger partial charge in [-0.25, -0.2) is 0 Å². The molecule has 2 aromatic rings. The summed E-state index contributed by atoms with van der Waals surface area (Å²) in [6, 6.07) is 11.6. The van der Waals surface area contributed by atoms with Gasteiger partial charge >= 0.3 is 0 Å². The first-order valence-electron chi connectivity index (χ1n) is 5.29. The summed E-state index contributed by atoms with van der Waals surface area (Å²) in [5.41, 5.74) is 7.21. The van der Waals surface area contributed by atoms with Gasteiger partial charge in [-0.2, -0.15) is 0 Å². The molecule has 1 heterocycles. The van der Waals surface area contributed by atoms with E-state index in [0.717, 1.165) is 11.1 Å². The first-order chi connectivity index (χ1) is 8.25. The summed E-state index contributed by atoms with van der Waals surface area (Å²) in [7, 11) is 0. The maximum absolute atomic E-state index is 7.29. The Kier molecular flexibility index (Phi) is 3.90. The zero-order valence-corrected chi connectivity index (χ0v) is 10.2. The number of ether oxygens (including phenoxy) is 1. The Morgan fingerprint density at radius 3 is 2.53 bits per heavy atom. The molecule has 3 nitrogen and oxygen atoms in total. The van der Waals surface area contributed by atoms with Crippen LogP contribution >= 0.6 is 11.3 Å². The molecule has 4 heteroatoms. The molecule has 0 amide bonds. The van der Waals surface area contributed by atoms with Crippen LogP contribution in [0.25, 0.3) is 0 Å². The molecule has 17 heavy (non-hydrogen) atoms. The van der Waals surface area contributed by atoms with Crippen molar-refractivity contribution in [2.45, 2.75) is 13.2 Å². The van der Waals surface area contributed by atoms with E-state index in [1.807, 2.05) is 35.7 Å². The maximum atomic E-state index is 7.29. The number of thiophene rings is 1. The SMILES string of the molecule is N=C(N)c1ccc(COCc2cccs2)cc1. The molecule has 88 valence electrons. The van der Waals surface area contributed by atoms with Crippen LogP contribution < -0.4 is 5.73 Å². The smallest absolute Gasteiger partial charge is 0.122 e. The summed E-state index contributed by atoms with van der Waals surface area (Å²) >= 11 is 1.69. The van der Waals surface area contributed by atoms with Crippen molar-refractivity contribution in [2.24, 2.45) is 5.73 Å². The summed E-state index contributed by atoms with van der Waals surface area (Å²) in [6.45, 7) is 1.22.